The molecule has 2 aromatic carbocycles. The molecule has 4 rings (SSSR count). The lowest BCUT2D eigenvalue weighted by molar-refractivity contribution is 0.0315. The van der Waals surface area contributed by atoms with E-state index in [1.165, 1.54) is 12.0 Å². The van der Waals surface area contributed by atoms with Crippen LogP contribution in [0.4, 0.5) is 0 Å². The third kappa shape index (κ3) is 4.90. The van der Waals surface area contributed by atoms with Crippen LogP contribution >= 0.6 is 23.4 Å². The summed E-state index contributed by atoms with van der Waals surface area (Å²) in [6, 6.07) is 16.5. The van der Waals surface area contributed by atoms with Crippen LogP contribution in [0.2, 0.25) is 5.02 Å². The Balaban J connectivity index is 1.67. The highest BCUT2D eigenvalue weighted by molar-refractivity contribution is 7.99. The maximum absolute atomic E-state index is 6.13. The Kier molecular flexibility index (Phi) is 6.51. The Morgan fingerprint density at radius 3 is 2.40 bits per heavy atom. The molecular weight excluding hydrogens is 414 g/mol. The first-order valence-electron chi connectivity index (χ1n) is 10.5. The molecule has 0 radical (unpaired) electrons. The molecule has 2 heterocycles. The van der Waals surface area contributed by atoms with Gasteiger partial charge in [0.2, 0.25) is 0 Å². The average molecular weight is 442 g/mol. The van der Waals surface area contributed by atoms with Gasteiger partial charge in [0, 0.05) is 28.6 Å². The third-order valence-electron chi connectivity index (χ3n) is 5.40. The van der Waals surface area contributed by atoms with Crippen molar-refractivity contribution in [2.24, 2.45) is 0 Å². The van der Waals surface area contributed by atoms with E-state index in [-0.39, 0.29) is 11.5 Å². The fraction of sp³-hybridized carbons (Fsp3) is 0.417. The van der Waals surface area contributed by atoms with Crippen molar-refractivity contribution in [2.75, 3.05) is 12.4 Å². The Morgan fingerprint density at radius 2 is 1.77 bits per heavy atom. The molecule has 0 amide bonds. The molecule has 0 spiro atoms. The van der Waals surface area contributed by atoms with Gasteiger partial charge in [-0.15, -0.1) is 10.2 Å². The Morgan fingerprint density at radius 1 is 1.03 bits per heavy atom. The molecule has 1 aliphatic heterocycles. The molecule has 1 fully saturated rings. The maximum Gasteiger partial charge on any atom is 0.196 e. The van der Waals surface area contributed by atoms with E-state index in [2.05, 4.69) is 59.8 Å². The van der Waals surface area contributed by atoms with Crippen molar-refractivity contribution in [1.29, 1.82) is 0 Å². The molecule has 1 aliphatic rings. The zero-order chi connectivity index (χ0) is 21.1. The third-order valence-corrected chi connectivity index (χ3v) is 6.71. The highest BCUT2D eigenvalue weighted by Gasteiger charge is 2.20. The summed E-state index contributed by atoms with van der Waals surface area (Å²) >= 11 is 7.84. The van der Waals surface area contributed by atoms with Crippen LogP contribution in [0.1, 0.15) is 45.6 Å². The molecule has 0 saturated carbocycles. The zero-order valence-corrected chi connectivity index (χ0v) is 19.3. The summed E-state index contributed by atoms with van der Waals surface area (Å²) in [4.78, 5) is 0. The Labute approximate surface area is 188 Å². The quantitative estimate of drug-likeness (QED) is 0.421. The van der Waals surface area contributed by atoms with E-state index >= 15 is 0 Å². The molecule has 0 unspecified atom stereocenters. The standard InChI is InChI=1S/C24H28ClN3OS/c1-24(2,3)18-9-7-17(8-10-18)22-26-27-23(30-16-21-6-4-5-15-29-21)28(22)20-13-11-19(25)12-14-20/h7-14,21H,4-6,15-16H2,1-3H3/t21-/m0/s1. The van der Waals surface area contributed by atoms with Gasteiger partial charge in [0.15, 0.2) is 11.0 Å². The van der Waals surface area contributed by atoms with Crippen LogP contribution in [0.15, 0.2) is 53.7 Å². The minimum atomic E-state index is 0.114. The molecule has 1 atom stereocenters. The summed E-state index contributed by atoms with van der Waals surface area (Å²) in [6.07, 6.45) is 3.80. The second-order valence-corrected chi connectivity index (χ2v) is 10.2. The predicted molar refractivity (Wildman–Crippen MR) is 125 cm³/mol. The van der Waals surface area contributed by atoms with Crippen LogP contribution in [0, 0.1) is 0 Å². The van der Waals surface area contributed by atoms with E-state index in [4.69, 9.17) is 16.3 Å². The number of rotatable bonds is 5. The van der Waals surface area contributed by atoms with E-state index in [1.807, 2.05) is 24.3 Å². The lowest BCUT2D eigenvalue weighted by atomic mass is 9.87. The molecule has 6 heteroatoms. The summed E-state index contributed by atoms with van der Waals surface area (Å²) < 4.78 is 8.02. The van der Waals surface area contributed by atoms with E-state index < -0.39 is 0 Å². The summed E-state index contributed by atoms with van der Waals surface area (Å²) in [5.74, 6) is 1.72. The van der Waals surface area contributed by atoms with Gasteiger partial charge in [0.1, 0.15) is 0 Å². The van der Waals surface area contributed by atoms with E-state index in [9.17, 15) is 0 Å². The van der Waals surface area contributed by atoms with Crippen molar-refractivity contribution < 1.29 is 4.74 Å². The van der Waals surface area contributed by atoms with Gasteiger partial charge < -0.3 is 4.74 Å². The normalized spacial score (nSPS) is 17.3. The van der Waals surface area contributed by atoms with Crippen molar-refractivity contribution in [1.82, 2.24) is 14.8 Å². The van der Waals surface area contributed by atoms with Gasteiger partial charge in [0.05, 0.1) is 6.10 Å². The highest BCUT2D eigenvalue weighted by Crippen LogP contribution is 2.31. The highest BCUT2D eigenvalue weighted by atomic mass is 35.5. The van der Waals surface area contributed by atoms with Crippen molar-refractivity contribution in [2.45, 2.75) is 56.7 Å². The Hall–Kier alpha value is -1.82. The van der Waals surface area contributed by atoms with Crippen LogP contribution in [0.25, 0.3) is 17.1 Å². The fourth-order valence-corrected chi connectivity index (χ4v) is 4.74. The molecule has 1 saturated heterocycles. The molecule has 0 bridgehead atoms. The van der Waals surface area contributed by atoms with Gasteiger partial charge in [-0.25, -0.2) is 0 Å². The fourth-order valence-electron chi connectivity index (χ4n) is 3.60. The lowest BCUT2D eigenvalue weighted by Gasteiger charge is -2.22. The van der Waals surface area contributed by atoms with Crippen molar-refractivity contribution >= 4 is 23.4 Å². The van der Waals surface area contributed by atoms with Gasteiger partial charge in [0.25, 0.3) is 0 Å². The monoisotopic (exact) mass is 441 g/mol. The number of hydrogen-bond donors (Lipinski definition) is 0. The molecule has 0 N–H and O–H groups in total. The summed E-state index contributed by atoms with van der Waals surface area (Å²) in [7, 11) is 0. The molecule has 158 valence electrons. The van der Waals surface area contributed by atoms with Crippen molar-refractivity contribution in [3.8, 4) is 17.1 Å². The van der Waals surface area contributed by atoms with Crippen LogP contribution in [-0.4, -0.2) is 33.2 Å². The van der Waals surface area contributed by atoms with Gasteiger partial charge in [-0.1, -0.05) is 68.4 Å². The van der Waals surface area contributed by atoms with E-state index in [0.717, 1.165) is 47.4 Å². The maximum atomic E-state index is 6.13. The Bertz CT molecular complexity index is 971. The molecule has 4 nitrogen and oxygen atoms in total. The van der Waals surface area contributed by atoms with Gasteiger partial charge >= 0.3 is 0 Å². The number of halogens is 1. The number of benzene rings is 2. The lowest BCUT2D eigenvalue weighted by Crippen LogP contribution is -2.21. The van der Waals surface area contributed by atoms with E-state index in [0.29, 0.717) is 5.02 Å². The minimum Gasteiger partial charge on any atom is -0.377 e. The average Bonchev–Trinajstić information content (AvgIpc) is 3.17. The SMILES string of the molecule is CC(C)(C)c1ccc(-c2nnc(SC[C@@H]3CCCCO3)n2-c2ccc(Cl)cc2)cc1. The second-order valence-electron chi connectivity index (χ2n) is 8.74. The van der Waals surface area contributed by atoms with Gasteiger partial charge in [-0.3, -0.25) is 4.57 Å². The van der Waals surface area contributed by atoms with Crippen LogP contribution in [-0.2, 0) is 10.2 Å². The number of ether oxygens (including phenoxy) is 1. The first-order valence-corrected chi connectivity index (χ1v) is 11.8. The first-order chi connectivity index (χ1) is 14.4. The largest absolute Gasteiger partial charge is 0.377 e. The summed E-state index contributed by atoms with van der Waals surface area (Å²) in [5, 5.41) is 10.7. The van der Waals surface area contributed by atoms with Crippen LogP contribution < -0.4 is 0 Å². The molecule has 30 heavy (non-hydrogen) atoms. The molecule has 0 aliphatic carbocycles. The van der Waals surface area contributed by atoms with Crippen LogP contribution in [0.3, 0.4) is 0 Å². The second kappa shape index (κ2) is 9.13. The molecule has 3 aromatic rings. The number of thioether (sulfide) groups is 1. The van der Waals surface area contributed by atoms with E-state index in [1.54, 1.807) is 11.8 Å². The predicted octanol–water partition coefficient (Wildman–Crippen LogP) is 6.55. The molecular formula is C24H28ClN3OS. The minimum absolute atomic E-state index is 0.114. The summed E-state index contributed by atoms with van der Waals surface area (Å²) in [6.45, 7) is 7.53. The summed E-state index contributed by atoms with van der Waals surface area (Å²) in [5.41, 5.74) is 3.47. The topological polar surface area (TPSA) is 39.9 Å². The first kappa shape index (κ1) is 21.4. The number of nitrogens with zero attached hydrogens (tertiary/aromatic N) is 3. The van der Waals surface area contributed by atoms with Crippen molar-refractivity contribution in [3.05, 3.63) is 59.1 Å². The zero-order valence-electron chi connectivity index (χ0n) is 17.8. The van der Waals surface area contributed by atoms with Gasteiger partial charge in [-0.05, 0) is 54.5 Å². The smallest absolute Gasteiger partial charge is 0.196 e. The number of hydrogen-bond acceptors (Lipinski definition) is 4. The van der Waals surface area contributed by atoms with Crippen LogP contribution in [0.5, 0.6) is 0 Å². The number of aromatic nitrogens is 3. The molecule has 1 aromatic heterocycles. The van der Waals surface area contributed by atoms with Gasteiger partial charge in [-0.2, -0.15) is 0 Å². The van der Waals surface area contributed by atoms with Crippen molar-refractivity contribution in [3.63, 3.8) is 0 Å².